The number of fused-ring (bicyclic) bond motifs is 2. The van der Waals surface area contributed by atoms with Gasteiger partial charge in [-0.05, 0) is 52.3 Å². The number of methoxy groups -OCH3 is 1. The van der Waals surface area contributed by atoms with Crippen LogP contribution in [0, 0.1) is 0 Å². The van der Waals surface area contributed by atoms with Crippen LogP contribution in [-0.2, 0) is 5.75 Å². The van der Waals surface area contributed by atoms with E-state index in [4.69, 9.17) is 14.7 Å². The van der Waals surface area contributed by atoms with Crippen molar-refractivity contribution in [2.75, 3.05) is 7.11 Å². The molecule has 32 heavy (non-hydrogen) atoms. The molecule has 0 aliphatic rings. The molecule has 2 heterocycles. The molecule has 0 amide bonds. The zero-order chi connectivity index (χ0) is 22.2. The minimum absolute atomic E-state index is 0.151. The third-order valence-corrected chi connectivity index (χ3v) is 8.12. The first kappa shape index (κ1) is 21.6. The smallest absolute Gasteiger partial charge is 0.266 e. The van der Waals surface area contributed by atoms with E-state index >= 15 is 0 Å². The number of benzene rings is 3. The van der Waals surface area contributed by atoms with Crippen molar-refractivity contribution in [3.8, 4) is 11.4 Å². The molecule has 0 N–H and O–H groups in total. The van der Waals surface area contributed by atoms with Crippen molar-refractivity contribution in [2.45, 2.75) is 10.1 Å². The van der Waals surface area contributed by atoms with Crippen LogP contribution < -0.4 is 10.3 Å². The van der Waals surface area contributed by atoms with Crippen LogP contribution in [0.15, 0.2) is 78.7 Å². The summed E-state index contributed by atoms with van der Waals surface area (Å²) < 4.78 is 10.8. The Morgan fingerprint density at radius 2 is 1.84 bits per heavy atom. The number of hydrogen-bond donors (Lipinski definition) is 0. The minimum atomic E-state index is -0.151. The highest BCUT2D eigenvalue weighted by atomic mass is 79.9. The lowest BCUT2D eigenvalue weighted by Crippen LogP contribution is -2.24. The van der Waals surface area contributed by atoms with E-state index in [1.54, 1.807) is 40.8 Å². The molecule has 0 atom stereocenters. The summed E-state index contributed by atoms with van der Waals surface area (Å²) in [4.78, 5) is 23.3. The largest absolute Gasteiger partial charge is 0.495 e. The average Bonchev–Trinajstić information content (AvgIpc) is 3.21. The molecule has 0 saturated carbocycles. The van der Waals surface area contributed by atoms with E-state index in [1.165, 1.54) is 0 Å². The maximum atomic E-state index is 13.7. The van der Waals surface area contributed by atoms with Crippen LogP contribution in [0.4, 0.5) is 0 Å². The second-order valence-electron chi connectivity index (χ2n) is 6.86. The molecule has 2 aromatic heterocycles. The quantitative estimate of drug-likeness (QED) is 0.211. The maximum Gasteiger partial charge on any atom is 0.266 e. The van der Waals surface area contributed by atoms with Gasteiger partial charge in [0.05, 0.1) is 39.7 Å². The van der Waals surface area contributed by atoms with Gasteiger partial charge in [0.15, 0.2) is 4.34 Å². The van der Waals surface area contributed by atoms with Gasteiger partial charge in [-0.15, -0.1) is 11.3 Å². The summed E-state index contributed by atoms with van der Waals surface area (Å²) >= 11 is 10.2. The Morgan fingerprint density at radius 3 is 2.66 bits per heavy atom. The van der Waals surface area contributed by atoms with Gasteiger partial charge in [0.1, 0.15) is 11.6 Å². The summed E-state index contributed by atoms with van der Waals surface area (Å²) in [5, 5.41) is 0.519. The van der Waals surface area contributed by atoms with Crippen molar-refractivity contribution in [1.82, 2.24) is 14.5 Å². The average molecular weight is 589 g/mol. The number of rotatable bonds is 5. The highest BCUT2D eigenvalue weighted by Gasteiger charge is 2.18. The summed E-state index contributed by atoms with van der Waals surface area (Å²) in [6.45, 7) is 0. The molecule has 0 aliphatic carbocycles. The molecule has 0 radical (unpaired) electrons. The van der Waals surface area contributed by atoms with Crippen LogP contribution in [0.25, 0.3) is 26.8 Å². The SMILES string of the molecule is COc1ccccc1-n1c(CSc2nc3ccccc3s2)nc2c(Br)cc(Br)cc2c1=O. The van der Waals surface area contributed by atoms with E-state index in [2.05, 4.69) is 37.9 Å². The van der Waals surface area contributed by atoms with Gasteiger partial charge in [0.2, 0.25) is 0 Å². The van der Waals surface area contributed by atoms with Gasteiger partial charge >= 0.3 is 0 Å². The lowest BCUT2D eigenvalue weighted by molar-refractivity contribution is 0.412. The molecule has 0 fully saturated rings. The van der Waals surface area contributed by atoms with E-state index in [9.17, 15) is 4.79 Å². The second-order valence-corrected chi connectivity index (χ2v) is 10.9. The normalized spacial score (nSPS) is 11.3. The van der Waals surface area contributed by atoms with Crippen LogP contribution >= 0.6 is 55.0 Å². The van der Waals surface area contributed by atoms with Gasteiger partial charge in [0, 0.05) is 8.95 Å². The van der Waals surface area contributed by atoms with Crippen molar-refractivity contribution in [1.29, 1.82) is 0 Å². The lowest BCUT2D eigenvalue weighted by Gasteiger charge is -2.16. The fourth-order valence-corrected chi connectivity index (χ4v) is 6.76. The highest BCUT2D eigenvalue weighted by molar-refractivity contribution is 9.11. The van der Waals surface area contributed by atoms with Crippen molar-refractivity contribution in [3.63, 3.8) is 0 Å². The first-order valence-corrected chi connectivity index (χ1v) is 13.0. The molecule has 5 nitrogen and oxygen atoms in total. The number of hydrogen-bond acceptors (Lipinski definition) is 6. The predicted octanol–water partition coefficient (Wildman–Crippen LogP) is 6.82. The molecule has 0 bridgehead atoms. The van der Waals surface area contributed by atoms with Gasteiger partial charge in [-0.3, -0.25) is 9.36 Å². The van der Waals surface area contributed by atoms with Crippen LogP contribution in [0.5, 0.6) is 5.75 Å². The Balaban J connectivity index is 1.68. The molecule has 3 aromatic carbocycles. The Hall–Kier alpha value is -2.20. The second kappa shape index (κ2) is 8.97. The van der Waals surface area contributed by atoms with Gasteiger partial charge in [-0.2, -0.15) is 0 Å². The molecule has 5 rings (SSSR count). The Morgan fingerprint density at radius 1 is 1.06 bits per heavy atom. The van der Waals surface area contributed by atoms with Gasteiger partial charge < -0.3 is 4.74 Å². The lowest BCUT2D eigenvalue weighted by atomic mass is 10.2. The first-order valence-electron chi connectivity index (χ1n) is 9.57. The Bertz CT molecular complexity index is 1500. The molecule has 5 aromatic rings. The van der Waals surface area contributed by atoms with Crippen LogP contribution in [-0.4, -0.2) is 21.6 Å². The molecular formula is C23H15Br2N3O2S2. The van der Waals surface area contributed by atoms with E-state index in [0.717, 1.165) is 23.5 Å². The number of thioether (sulfide) groups is 1. The van der Waals surface area contributed by atoms with E-state index in [-0.39, 0.29) is 5.56 Å². The first-order chi connectivity index (χ1) is 15.5. The molecule has 9 heteroatoms. The zero-order valence-electron chi connectivity index (χ0n) is 16.7. The van der Waals surface area contributed by atoms with Gasteiger partial charge in [0.25, 0.3) is 5.56 Å². The van der Waals surface area contributed by atoms with E-state index < -0.39 is 0 Å². The number of nitrogens with zero attached hydrogens (tertiary/aromatic N) is 3. The number of aromatic nitrogens is 3. The molecule has 160 valence electrons. The fraction of sp³-hybridized carbons (Fsp3) is 0.0870. The fourth-order valence-electron chi connectivity index (χ4n) is 3.46. The number of ether oxygens (including phenoxy) is 1. The maximum absolute atomic E-state index is 13.7. The van der Waals surface area contributed by atoms with Crippen molar-refractivity contribution >= 4 is 76.1 Å². The summed E-state index contributed by atoms with van der Waals surface area (Å²) in [5.74, 6) is 1.71. The van der Waals surface area contributed by atoms with Crippen molar-refractivity contribution < 1.29 is 4.74 Å². The standard InChI is InChI=1S/C23H15Br2N3O2S2/c1-30-18-8-4-3-7-17(18)28-20(12-31-23-26-16-6-2-5-9-19(16)32-23)27-21-14(22(28)29)10-13(24)11-15(21)25/h2-11H,12H2,1H3. The van der Waals surface area contributed by atoms with Gasteiger partial charge in [-0.25, -0.2) is 9.97 Å². The minimum Gasteiger partial charge on any atom is -0.495 e. The number of halogens is 2. The summed E-state index contributed by atoms with van der Waals surface area (Å²) in [6.07, 6.45) is 0. The van der Waals surface area contributed by atoms with E-state index in [0.29, 0.717) is 33.9 Å². The van der Waals surface area contributed by atoms with Crippen molar-refractivity contribution in [2.24, 2.45) is 0 Å². The highest BCUT2D eigenvalue weighted by Crippen LogP contribution is 2.33. The molecular weight excluding hydrogens is 574 g/mol. The Kier molecular flexibility index (Phi) is 6.07. The molecule has 0 unspecified atom stereocenters. The predicted molar refractivity (Wildman–Crippen MR) is 138 cm³/mol. The topological polar surface area (TPSA) is 57.0 Å². The van der Waals surface area contributed by atoms with Crippen molar-refractivity contribution in [3.05, 3.63) is 85.8 Å². The van der Waals surface area contributed by atoms with Gasteiger partial charge in [-0.1, -0.05) is 52.0 Å². The molecule has 0 saturated heterocycles. The van der Waals surface area contributed by atoms with Crippen LogP contribution in [0.2, 0.25) is 0 Å². The zero-order valence-corrected chi connectivity index (χ0v) is 21.5. The third kappa shape index (κ3) is 3.98. The number of thiazole rings is 1. The number of para-hydroxylation sites is 3. The van der Waals surface area contributed by atoms with Crippen LogP contribution in [0.3, 0.4) is 0 Å². The summed E-state index contributed by atoms with van der Waals surface area (Å²) in [5.41, 5.74) is 2.11. The third-order valence-electron chi connectivity index (χ3n) is 4.89. The van der Waals surface area contributed by atoms with E-state index in [1.807, 2.05) is 48.5 Å². The summed E-state index contributed by atoms with van der Waals surface area (Å²) in [6, 6.07) is 19.2. The molecule has 0 aliphatic heterocycles. The monoisotopic (exact) mass is 587 g/mol. The Labute approximate surface area is 208 Å². The van der Waals surface area contributed by atoms with Crippen LogP contribution in [0.1, 0.15) is 5.82 Å². The molecule has 0 spiro atoms. The summed E-state index contributed by atoms with van der Waals surface area (Å²) in [7, 11) is 1.60.